The number of carbonyl (C=O) groups excluding carboxylic acids is 2. The smallest absolute Gasteiger partial charge is 0.315 e. The van der Waals surface area contributed by atoms with Crippen molar-refractivity contribution < 1.29 is 27.5 Å². The Morgan fingerprint density at radius 3 is 2.50 bits per heavy atom. The Morgan fingerprint density at radius 2 is 1.75 bits per heavy atom. The van der Waals surface area contributed by atoms with Crippen LogP contribution in [0.2, 0.25) is 0 Å². The SMILES string of the molecule is Cc1ccccc1OCCCNC(=O)NCC(=O)Nc1ccc(F)c(F)c1F. The fourth-order valence-electron chi connectivity index (χ4n) is 2.21. The predicted octanol–water partition coefficient (Wildman–Crippen LogP) is 3.12. The van der Waals surface area contributed by atoms with Gasteiger partial charge in [0.2, 0.25) is 5.91 Å². The van der Waals surface area contributed by atoms with Gasteiger partial charge in [-0.15, -0.1) is 0 Å². The fourth-order valence-corrected chi connectivity index (χ4v) is 2.21. The van der Waals surface area contributed by atoms with Crippen molar-refractivity contribution in [2.75, 3.05) is 25.0 Å². The predicted molar refractivity (Wildman–Crippen MR) is 97.6 cm³/mol. The molecule has 0 atom stereocenters. The summed E-state index contributed by atoms with van der Waals surface area (Å²) in [5.74, 6) is -4.57. The first-order valence-electron chi connectivity index (χ1n) is 8.52. The second-order valence-electron chi connectivity index (χ2n) is 5.85. The summed E-state index contributed by atoms with van der Waals surface area (Å²) in [5, 5.41) is 6.86. The molecule has 3 amide bonds. The summed E-state index contributed by atoms with van der Waals surface area (Å²) in [5.41, 5.74) is 0.496. The van der Waals surface area contributed by atoms with Crippen molar-refractivity contribution in [3.8, 4) is 5.75 Å². The maximum Gasteiger partial charge on any atom is 0.315 e. The van der Waals surface area contributed by atoms with E-state index in [-0.39, 0.29) is 0 Å². The van der Waals surface area contributed by atoms with Crippen molar-refractivity contribution in [1.29, 1.82) is 0 Å². The molecule has 6 nitrogen and oxygen atoms in total. The van der Waals surface area contributed by atoms with E-state index in [1.807, 2.05) is 31.2 Å². The zero-order valence-electron chi connectivity index (χ0n) is 15.2. The first-order valence-corrected chi connectivity index (χ1v) is 8.52. The standard InChI is InChI=1S/C19H20F3N3O3/c1-12-5-2-3-6-15(12)28-10-4-9-23-19(27)24-11-16(26)25-14-8-7-13(20)17(21)18(14)22/h2-3,5-8H,4,9-11H2,1H3,(H,25,26)(H2,23,24,27). The molecule has 0 aromatic heterocycles. The van der Waals surface area contributed by atoms with Gasteiger partial charge in [-0.25, -0.2) is 18.0 Å². The van der Waals surface area contributed by atoms with Crippen LogP contribution in [0.4, 0.5) is 23.7 Å². The molecule has 0 unspecified atom stereocenters. The largest absolute Gasteiger partial charge is 0.493 e. The molecule has 0 aliphatic heterocycles. The van der Waals surface area contributed by atoms with E-state index in [1.165, 1.54) is 0 Å². The summed E-state index contributed by atoms with van der Waals surface area (Å²) < 4.78 is 45.0. The normalized spacial score (nSPS) is 10.3. The maximum atomic E-state index is 13.5. The molecule has 0 fully saturated rings. The summed E-state index contributed by atoms with van der Waals surface area (Å²) >= 11 is 0. The lowest BCUT2D eigenvalue weighted by Crippen LogP contribution is -2.40. The fraction of sp³-hybridized carbons (Fsp3) is 0.263. The van der Waals surface area contributed by atoms with E-state index in [2.05, 4.69) is 16.0 Å². The molecule has 0 aliphatic rings. The van der Waals surface area contributed by atoms with Gasteiger partial charge in [-0.3, -0.25) is 4.79 Å². The van der Waals surface area contributed by atoms with Crippen LogP contribution in [0.15, 0.2) is 36.4 Å². The number of para-hydroxylation sites is 1. The Kier molecular flexibility index (Phi) is 7.67. The molecule has 0 spiro atoms. The van der Waals surface area contributed by atoms with Crippen LogP contribution in [0.1, 0.15) is 12.0 Å². The van der Waals surface area contributed by atoms with Crippen LogP contribution in [-0.2, 0) is 4.79 Å². The lowest BCUT2D eigenvalue weighted by molar-refractivity contribution is -0.115. The average molecular weight is 395 g/mol. The number of ether oxygens (including phenoxy) is 1. The highest BCUT2D eigenvalue weighted by atomic mass is 19.2. The highest BCUT2D eigenvalue weighted by molar-refractivity contribution is 5.94. The molecule has 2 rings (SSSR count). The van der Waals surface area contributed by atoms with E-state index in [0.29, 0.717) is 25.6 Å². The lowest BCUT2D eigenvalue weighted by atomic mass is 10.2. The number of aryl methyl sites for hydroxylation is 1. The molecule has 0 radical (unpaired) electrons. The van der Waals surface area contributed by atoms with Gasteiger partial charge in [-0.2, -0.15) is 0 Å². The van der Waals surface area contributed by atoms with Crippen LogP contribution < -0.4 is 20.7 Å². The van der Waals surface area contributed by atoms with Gasteiger partial charge in [0, 0.05) is 6.54 Å². The van der Waals surface area contributed by atoms with Gasteiger partial charge in [0.15, 0.2) is 17.5 Å². The average Bonchev–Trinajstić information content (AvgIpc) is 2.68. The van der Waals surface area contributed by atoms with Gasteiger partial charge in [-0.1, -0.05) is 18.2 Å². The van der Waals surface area contributed by atoms with E-state index in [4.69, 9.17) is 4.74 Å². The Balaban J connectivity index is 1.63. The number of rotatable bonds is 8. The van der Waals surface area contributed by atoms with Crippen LogP contribution in [0, 0.1) is 24.4 Å². The Morgan fingerprint density at radius 1 is 1.00 bits per heavy atom. The van der Waals surface area contributed by atoms with Gasteiger partial charge < -0.3 is 20.7 Å². The van der Waals surface area contributed by atoms with E-state index < -0.39 is 41.6 Å². The minimum atomic E-state index is -1.68. The number of hydrogen-bond acceptors (Lipinski definition) is 3. The van der Waals surface area contributed by atoms with Crippen molar-refractivity contribution in [3.05, 3.63) is 59.4 Å². The van der Waals surface area contributed by atoms with Crippen molar-refractivity contribution in [3.63, 3.8) is 0 Å². The van der Waals surface area contributed by atoms with E-state index in [9.17, 15) is 22.8 Å². The second-order valence-corrected chi connectivity index (χ2v) is 5.85. The molecule has 0 heterocycles. The topological polar surface area (TPSA) is 79.5 Å². The number of hydrogen-bond donors (Lipinski definition) is 3. The summed E-state index contributed by atoms with van der Waals surface area (Å²) in [6, 6.07) is 8.53. The molecule has 2 aromatic rings. The van der Waals surface area contributed by atoms with E-state index in [0.717, 1.165) is 17.4 Å². The zero-order chi connectivity index (χ0) is 20.5. The molecule has 28 heavy (non-hydrogen) atoms. The van der Waals surface area contributed by atoms with Gasteiger partial charge in [0.1, 0.15) is 5.75 Å². The summed E-state index contributed by atoms with van der Waals surface area (Å²) in [7, 11) is 0. The molecule has 0 saturated carbocycles. The van der Waals surface area contributed by atoms with Crippen molar-refractivity contribution in [1.82, 2.24) is 10.6 Å². The Labute approximate surface area is 160 Å². The number of halogens is 3. The van der Waals surface area contributed by atoms with Gasteiger partial charge >= 0.3 is 6.03 Å². The molecular weight excluding hydrogens is 375 g/mol. The lowest BCUT2D eigenvalue weighted by Gasteiger charge is -2.10. The first-order chi connectivity index (χ1) is 13.4. The number of amides is 3. The van der Waals surface area contributed by atoms with Crippen LogP contribution in [-0.4, -0.2) is 31.6 Å². The van der Waals surface area contributed by atoms with Crippen molar-refractivity contribution in [2.24, 2.45) is 0 Å². The Bertz CT molecular complexity index is 846. The highest BCUT2D eigenvalue weighted by Crippen LogP contribution is 2.19. The van der Waals surface area contributed by atoms with Gasteiger partial charge in [0.25, 0.3) is 0 Å². The monoisotopic (exact) mass is 395 g/mol. The Hall–Kier alpha value is -3.23. The minimum absolute atomic E-state index is 0.317. The third-order valence-corrected chi connectivity index (χ3v) is 3.68. The number of urea groups is 1. The number of nitrogens with one attached hydrogen (secondary N) is 3. The molecule has 2 aromatic carbocycles. The third-order valence-electron chi connectivity index (χ3n) is 3.68. The van der Waals surface area contributed by atoms with Crippen LogP contribution in [0.25, 0.3) is 0 Å². The first kappa shape index (κ1) is 21.1. The minimum Gasteiger partial charge on any atom is -0.493 e. The molecule has 0 aliphatic carbocycles. The number of carbonyl (C=O) groups is 2. The summed E-state index contributed by atoms with van der Waals surface area (Å²) in [4.78, 5) is 23.3. The molecule has 0 bridgehead atoms. The number of benzene rings is 2. The summed E-state index contributed by atoms with van der Waals surface area (Å²) in [6.07, 6.45) is 0.550. The van der Waals surface area contributed by atoms with Crippen LogP contribution in [0.3, 0.4) is 0 Å². The van der Waals surface area contributed by atoms with E-state index >= 15 is 0 Å². The summed E-state index contributed by atoms with van der Waals surface area (Å²) in [6.45, 7) is 2.18. The molecule has 0 saturated heterocycles. The van der Waals surface area contributed by atoms with Crippen LogP contribution in [0.5, 0.6) is 5.75 Å². The number of anilines is 1. The zero-order valence-corrected chi connectivity index (χ0v) is 15.2. The molecule has 9 heteroatoms. The molecule has 3 N–H and O–H groups in total. The third kappa shape index (κ3) is 6.19. The second kappa shape index (κ2) is 10.2. The van der Waals surface area contributed by atoms with E-state index in [1.54, 1.807) is 0 Å². The quantitative estimate of drug-likeness (QED) is 0.475. The van der Waals surface area contributed by atoms with Crippen molar-refractivity contribution in [2.45, 2.75) is 13.3 Å². The highest BCUT2D eigenvalue weighted by Gasteiger charge is 2.15. The van der Waals surface area contributed by atoms with Gasteiger partial charge in [-0.05, 0) is 37.1 Å². The molecule has 150 valence electrons. The maximum absolute atomic E-state index is 13.5. The molecular formula is C19H20F3N3O3. The van der Waals surface area contributed by atoms with Gasteiger partial charge in [0.05, 0.1) is 18.8 Å². The van der Waals surface area contributed by atoms with Crippen molar-refractivity contribution >= 4 is 17.6 Å². The van der Waals surface area contributed by atoms with Crippen LogP contribution >= 0.6 is 0 Å².